The van der Waals surface area contributed by atoms with E-state index in [1.165, 1.54) is 60.1 Å². The van der Waals surface area contributed by atoms with Gasteiger partial charge < -0.3 is 0 Å². The molecular weight excluding hydrogens is 434 g/mol. The normalized spacial score (nSPS) is 11.8. The van der Waals surface area contributed by atoms with E-state index in [-0.39, 0.29) is 0 Å². The van der Waals surface area contributed by atoms with E-state index in [0.717, 1.165) is 5.69 Å². The average Bonchev–Trinajstić information content (AvgIpc) is 2.91. The lowest BCUT2D eigenvalue weighted by Gasteiger charge is -2.16. The number of nitrogens with zero attached hydrogens (tertiary/aromatic N) is 1. The SMILES string of the molecule is CC(C)c1cc(-c2nccc3c2ccc2cc(-c4cccc5ccccc45)ccc23)cc(C(C)C)c1. The molecule has 0 aliphatic rings. The minimum Gasteiger partial charge on any atom is -0.256 e. The van der Waals surface area contributed by atoms with Gasteiger partial charge in [0.15, 0.2) is 0 Å². The van der Waals surface area contributed by atoms with Crippen LogP contribution in [-0.4, -0.2) is 4.98 Å². The quantitative estimate of drug-likeness (QED) is 0.236. The van der Waals surface area contributed by atoms with Gasteiger partial charge >= 0.3 is 0 Å². The van der Waals surface area contributed by atoms with Crippen molar-refractivity contribution >= 4 is 32.3 Å². The third kappa shape index (κ3) is 3.85. The summed E-state index contributed by atoms with van der Waals surface area (Å²) in [7, 11) is 0. The van der Waals surface area contributed by atoms with Gasteiger partial charge in [-0.1, -0.05) is 100 Å². The van der Waals surface area contributed by atoms with Crippen LogP contribution >= 0.6 is 0 Å². The van der Waals surface area contributed by atoms with Gasteiger partial charge in [0, 0.05) is 17.1 Å². The molecule has 0 radical (unpaired) electrons. The molecule has 6 rings (SSSR count). The van der Waals surface area contributed by atoms with Crippen LogP contribution in [0.25, 0.3) is 54.7 Å². The van der Waals surface area contributed by atoms with Crippen molar-refractivity contribution in [3.05, 3.63) is 114 Å². The van der Waals surface area contributed by atoms with Gasteiger partial charge in [-0.3, -0.25) is 4.98 Å². The molecule has 0 spiro atoms. The largest absolute Gasteiger partial charge is 0.256 e. The second kappa shape index (κ2) is 8.91. The number of aromatic nitrogens is 1. The Labute approximate surface area is 213 Å². The summed E-state index contributed by atoms with van der Waals surface area (Å²) in [5.74, 6) is 0.955. The van der Waals surface area contributed by atoms with Crippen molar-refractivity contribution in [1.82, 2.24) is 4.98 Å². The summed E-state index contributed by atoms with van der Waals surface area (Å²) in [4.78, 5) is 4.88. The molecule has 1 aromatic heterocycles. The predicted molar refractivity (Wildman–Crippen MR) is 156 cm³/mol. The Morgan fingerprint density at radius 3 is 2.00 bits per heavy atom. The molecule has 36 heavy (non-hydrogen) atoms. The first-order valence-corrected chi connectivity index (χ1v) is 12.9. The van der Waals surface area contributed by atoms with Crippen LogP contribution in [0.5, 0.6) is 0 Å². The smallest absolute Gasteiger partial charge is 0.0780 e. The van der Waals surface area contributed by atoms with Gasteiger partial charge in [0.1, 0.15) is 0 Å². The van der Waals surface area contributed by atoms with Gasteiger partial charge in [-0.25, -0.2) is 0 Å². The van der Waals surface area contributed by atoms with E-state index in [4.69, 9.17) is 4.98 Å². The van der Waals surface area contributed by atoms with Crippen molar-refractivity contribution < 1.29 is 0 Å². The van der Waals surface area contributed by atoms with E-state index in [2.05, 4.69) is 125 Å². The fourth-order valence-corrected chi connectivity index (χ4v) is 5.35. The summed E-state index contributed by atoms with van der Waals surface area (Å²) in [5, 5.41) is 7.54. The van der Waals surface area contributed by atoms with Gasteiger partial charge in [0.05, 0.1) is 5.69 Å². The van der Waals surface area contributed by atoms with Gasteiger partial charge in [-0.05, 0) is 85.3 Å². The van der Waals surface area contributed by atoms with Crippen molar-refractivity contribution in [2.75, 3.05) is 0 Å². The highest BCUT2D eigenvalue weighted by Gasteiger charge is 2.13. The Morgan fingerprint density at radius 2 is 1.22 bits per heavy atom. The summed E-state index contributed by atoms with van der Waals surface area (Å²) < 4.78 is 0. The molecule has 0 N–H and O–H groups in total. The lowest BCUT2D eigenvalue weighted by molar-refractivity contribution is 0.834. The zero-order valence-electron chi connectivity index (χ0n) is 21.4. The lowest BCUT2D eigenvalue weighted by Crippen LogP contribution is -1.96. The molecule has 1 heterocycles. The highest BCUT2D eigenvalue weighted by molar-refractivity contribution is 6.12. The second-order valence-corrected chi connectivity index (χ2v) is 10.5. The number of rotatable bonds is 4. The fourth-order valence-electron chi connectivity index (χ4n) is 5.35. The van der Waals surface area contributed by atoms with Crippen LogP contribution in [0.2, 0.25) is 0 Å². The van der Waals surface area contributed by atoms with Crippen LogP contribution in [0.15, 0.2) is 103 Å². The van der Waals surface area contributed by atoms with E-state index in [1.807, 2.05) is 6.20 Å². The van der Waals surface area contributed by atoms with Crippen LogP contribution < -0.4 is 0 Å². The lowest BCUT2D eigenvalue weighted by atomic mass is 9.90. The molecule has 0 saturated heterocycles. The van der Waals surface area contributed by atoms with E-state index < -0.39 is 0 Å². The topological polar surface area (TPSA) is 12.9 Å². The molecular formula is C35H31N. The molecule has 0 unspecified atom stereocenters. The van der Waals surface area contributed by atoms with E-state index in [1.54, 1.807) is 0 Å². The van der Waals surface area contributed by atoms with Gasteiger partial charge in [-0.15, -0.1) is 0 Å². The monoisotopic (exact) mass is 465 g/mol. The maximum Gasteiger partial charge on any atom is 0.0780 e. The van der Waals surface area contributed by atoms with Crippen molar-refractivity contribution in [2.24, 2.45) is 0 Å². The predicted octanol–water partition coefficient (Wildman–Crippen LogP) is 10.1. The summed E-state index contributed by atoms with van der Waals surface area (Å²) in [6.45, 7) is 9.06. The highest BCUT2D eigenvalue weighted by Crippen LogP contribution is 2.37. The maximum absolute atomic E-state index is 4.88. The van der Waals surface area contributed by atoms with Crippen LogP contribution in [-0.2, 0) is 0 Å². The molecule has 0 aliphatic carbocycles. The molecule has 176 valence electrons. The molecule has 1 nitrogen and oxygen atoms in total. The Kier molecular flexibility index (Phi) is 5.57. The summed E-state index contributed by atoms with van der Waals surface area (Å²) in [5.41, 5.74) is 7.54. The van der Waals surface area contributed by atoms with Gasteiger partial charge in [0.2, 0.25) is 0 Å². The average molecular weight is 466 g/mol. The fraction of sp³-hybridized carbons (Fsp3) is 0.171. The number of pyridine rings is 1. The van der Waals surface area contributed by atoms with Crippen LogP contribution in [0.4, 0.5) is 0 Å². The van der Waals surface area contributed by atoms with Crippen LogP contribution in [0.3, 0.4) is 0 Å². The third-order valence-electron chi connectivity index (χ3n) is 7.45. The van der Waals surface area contributed by atoms with Crippen molar-refractivity contribution in [3.63, 3.8) is 0 Å². The molecule has 0 fully saturated rings. The van der Waals surface area contributed by atoms with E-state index in [9.17, 15) is 0 Å². The first-order chi connectivity index (χ1) is 17.5. The molecule has 1 heteroatoms. The number of hydrogen-bond donors (Lipinski definition) is 0. The van der Waals surface area contributed by atoms with Crippen molar-refractivity contribution in [2.45, 2.75) is 39.5 Å². The molecule has 0 aliphatic heterocycles. The van der Waals surface area contributed by atoms with Crippen LogP contribution in [0, 0.1) is 0 Å². The van der Waals surface area contributed by atoms with E-state index >= 15 is 0 Å². The second-order valence-electron chi connectivity index (χ2n) is 10.5. The Morgan fingerprint density at radius 1 is 0.500 bits per heavy atom. The minimum absolute atomic E-state index is 0.478. The van der Waals surface area contributed by atoms with E-state index in [0.29, 0.717) is 11.8 Å². The first kappa shape index (κ1) is 22.5. The zero-order chi connectivity index (χ0) is 24.8. The molecule has 0 amide bonds. The Bertz CT molecular complexity index is 1710. The standard InChI is InChI=1S/C35H31N/c1-22(2)27-19-28(23(3)4)21-29(20-27)35-34-15-13-26-18-25(12-14-32(26)33(34)16-17-36-35)31-11-7-9-24-8-5-6-10-30(24)31/h5-23H,1-4H3. The summed E-state index contributed by atoms with van der Waals surface area (Å²) in [6.07, 6.45) is 1.97. The molecule has 0 bridgehead atoms. The zero-order valence-corrected chi connectivity index (χ0v) is 21.4. The Hall–Kier alpha value is -3.97. The van der Waals surface area contributed by atoms with Gasteiger partial charge in [-0.2, -0.15) is 0 Å². The minimum atomic E-state index is 0.478. The van der Waals surface area contributed by atoms with Gasteiger partial charge in [0.25, 0.3) is 0 Å². The van der Waals surface area contributed by atoms with Crippen LogP contribution in [0.1, 0.15) is 50.7 Å². The van der Waals surface area contributed by atoms with Crippen molar-refractivity contribution in [1.29, 1.82) is 0 Å². The summed E-state index contributed by atoms with van der Waals surface area (Å²) in [6, 6.07) is 35.7. The maximum atomic E-state index is 4.88. The molecule has 6 aromatic rings. The van der Waals surface area contributed by atoms with Crippen molar-refractivity contribution in [3.8, 4) is 22.4 Å². The Balaban J connectivity index is 1.53. The highest BCUT2D eigenvalue weighted by atomic mass is 14.7. The molecule has 0 saturated carbocycles. The number of hydrogen-bond acceptors (Lipinski definition) is 1. The first-order valence-electron chi connectivity index (χ1n) is 12.9. The summed E-state index contributed by atoms with van der Waals surface area (Å²) >= 11 is 0. The molecule has 5 aromatic carbocycles. The number of benzene rings is 5. The number of fused-ring (bicyclic) bond motifs is 4. The third-order valence-corrected chi connectivity index (χ3v) is 7.45. The molecule has 0 atom stereocenters.